The molecule has 4 N–H and O–H groups in total. The van der Waals surface area contributed by atoms with Crippen molar-refractivity contribution in [2.75, 3.05) is 6.54 Å². The largest absolute Gasteiger partial charge is 0.459 e. The van der Waals surface area contributed by atoms with E-state index in [2.05, 4.69) is 62.8 Å². The van der Waals surface area contributed by atoms with E-state index < -0.39 is 5.91 Å². The highest BCUT2D eigenvalue weighted by molar-refractivity contribution is 5.92. The Morgan fingerprint density at radius 1 is 1.04 bits per heavy atom. The predicted octanol–water partition coefficient (Wildman–Crippen LogP) is 2.20. The Morgan fingerprint density at radius 2 is 1.74 bits per heavy atom. The summed E-state index contributed by atoms with van der Waals surface area (Å²) >= 11 is 0. The lowest BCUT2D eigenvalue weighted by molar-refractivity contribution is -0.692. The van der Waals surface area contributed by atoms with Crippen molar-refractivity contribution >= 4 is 11.8 Å². The van der Waals surface area contributed by atoms with Crippen LogP contribution < -0.4 is 16.2 Å². The Kier molecular flexibility index (Phi) is 7.61. The van der Waals surface area contributed by atoms with E-state index >= 15 is 0 Å². The molecule has 0 saturated heterocycles. The Labute approximate surface area is 160 Å². The number of quaternary nitrogens is 1. The quantitative estimate of drug-likeness (QED) is 0.621. The van der Waals surface area contributed by atoms with Crippen LogP contribution in [0.2, 0.25) is 0 Å². The van der Waals surface area contributed by atoms with Crippen LogP contribution in [0.15, 0.2) is 47.1 Å². The van der Waals surface area contributed by atoms with Crippen LogP contribution in [-0.2, 0) is 11.2 Å². The molecule has 6 nitrogen and oxygen atoms in total. The number of nitrogens with two attached hydrogens (primary N) is 1. The zero-order chi connectivity index (χ0) is 19.8. The average molecular weight is 372 g/mol. The number of carbonyl (C=O) groups excluding carboxylic acids is 2. The van der Waals surface area contributed by atoms with Gasteiger partial charge in [-0.1, -0.05) is 52.0 Å². The summed E-state index contributed by atoms with van der Waals surface area (Å²) in [5.41, 5.74) is 7.30. The average Bonchev–Trinajstić information content (AvgIpc) is 3.15. The lowest BCUT2D eigenvalue weighted by atomic mass is 9.94. The predicted molar refractivity (Wildman–Crippen MR) is 104 cm³/mol. The van der Waals surface area contributed by atoms with Gasteiger partial charge < -0.3 is 9.73 Å². The molecule has 0 saturated carbocycles. The Balaban J connectivity index is 1.86. The molecule has 0 aliphatic carbocycles. The second kappa shape index (κ2) is 9.92. The second-order valence-corrected chi connectivity index (χ2v) is 7.53. The molecule has 2 amide bonds. The fourth-order valence-electron chi connectivity index (χ4n) is 3.02. The summed E-state index contributed by atoms with van der Waals surface area (Å²) < 4.78 is 4.98. The number of amides is 2. The lowest BCUT2D eigenvalue weighted by Gasteiger charge is -2.20. The highest BCUT2D eigenvalue weighted by atomic mass is 16.3. The van der Waals surface area contributed by atoms with Crippen molar-refractivity contribution in [2.24, 2.45) is 11.8 Å². The van der Waals surface area contributed by atoms with Crippen LogP contribution in [0.1, 0.15) is 55.4 Å². The molecule has 0 spiro atoms. The summed E-state index contributed by atoms with van der Waals surface area (Å²) in [6.07, 6.45) is 2.47. The van der Waals surface area contributed by atoms with Crippen molar-refractivity contribution in [3.05, 3.63) is 59.5 Å². The molecule has 27 heavy (non-hydrogen) atoms. The number of hydrogen-bond acceptors (Lipinski definition) is 3. The van der Waals surface area contributed by atoms with Crippen molar-refractivity contribution < 1.29 is 19.3 Å². The first-order valence-corrected chi connectivity index (χ1v) is 9.41. The Morgan fingerprint density at radius 3 is 2.30 bits per heavy atom. The van der Waals surface area contributed by atoms with Gasteiger partial charge in [-0.2, -0.15) is 0 Å². The summed E-state index contributed by atoms with van der Waals surface area (Å²) in [6.45, 7) is 8.92. The molecule has 2 rings (SSSR count). The Hall–Kier alpha value is -2.60. The van der Waals surface area contributed by atoms with Crippen LogP contribution in [0.25, 0.3) is 0 Å². The zero-order valence-electron chi connectivity index (χ0n) is 16.5. The molecule has 0 radical (unpaired) electrons. The van der Waals surface area contributed by atoms with Gasteiger partial charge in [-0.15, -0.1) is 0 Å². The molecule has 2 aromatic rings. The van der Waals surface area contributed by atoms with Crippen molar-refractivity contribution in [1.82, 2.24) is 10.9 Å². The van der Waals surface area contributed by atoms with Gasteiger partial charge in [0, 0.05) is 11.5 Å². The summed E-state index contributed by atoms with van der Waals surface area (Å²) in [5, 5.41) is 2.00. The number of carbonyl (C=O) groups is 2. The summed E-state index contributed by atoms with van der Waals surface area (Å²) in [7, 11) is 0. The topological polar surface area (TPSA) is 88.0 Å². The van der Waals surface area contributed by atoms with Crippen LogP contribution in [0.3, 0.4) is 0 Å². The van der Waals surface area contributed by atoms with Gasteiger partial charge in [0.1, 0.15) is 6.04 Å². The van der Waals surface area contributed by atoms with Gasteiger partial charge in [0.25, 0.3) is 5.91 Å². The molecule has 6 heteroatoms. The van der Waals surface area contributed by atoms with Crippen molar-refractivity contribution in [1.29, 1.82) is 0 Å². The number of benzene rings is 1. The maximum absolute atomic E-state index is 12.1. The Bertz CT molecular complexity index is 722. The van der Waals surface area contributed by atoms with Gasteiger partial charge in [-0.3, -0.25) is 20.4 Å². The lowest BCUT2D eigenvalue weighted by Crippen LogP contribution is -2.88. The SMILES string of the molecule is CC(C)Cc1ccc([C@@H]([NH2+]CC(=O)NNC(=O)c2ccco2)C(C)C)cc1. The monoisotopic (exact) mass is 372 g/mol. The summed E-state index contributed by atoms with van der Waals surface area (Å²) in [4.78, 5) is 23.8. The highest BCUT2D eigenvalue weighted by Gasteiger charge is 2.21. The fraction of sp³-hybridized carbons (Fsp3) is 0.429. The first kappa shape index (κ1) is 20.7. The van der Waals surface area contributed by atoms with Gasteiger partial charge in [-0.25, -0.2) is 0 Å². The van der Waals surface area contributed by atoms with E-state index in [9.17, 15) is 9.59 Å². The number of nitrogens with one attached hydrogen (secondary N) is 2. The molecule has 0 bridgehead atoms. The summed E-state index contributed by atoms with van der Waals surface area (Å²) in [6, 6.07) is 12.0. The van der Waals surface area contributed by atoms with Crippen LogP contribution in [-0.4, -0.2) is 18.4 Å². The van der Waals surface area contributed by atoms with Crippen molar-refractivity contribution in [3.63, 3.8) is 0 Å². The molecule has 0 unspecified atom stereocenters. The molecule has 1 aromatic carbocycles. The molecular weight excluding hydrogens is 342 g/mol. The number of rotatable bonds is 8. The minimum absolute atomic E-state index is 0.154. The van der Waals surface area contributed by atoms with Crippen molar-refractivity contribution in [2.45, 2.75) is 40.2 Å². The molecule has 146 valence electrons. The minimum atomic E-state index is -0.477. The first-order valence-electron chi connectivity index (χ1n) is 9.41. The fourth-order valence-corrected chi connectivity index (χ4v) is 3.02. The van der Waals surface area contributed by atoms with E-state index in [0.29, 0.717) is 11.8 Å². The molecule has 0 aliphatic rings. The molecule has 1 atom stereocenters. The third kappa shape index (κ3) is 6.57. The summed E-state index contributed by atoms with van der Waals surface area (Å²) in [5.74, 6) is 0.405. The molecule has 1 heterocycles. The van der Waals surface area contributed by atoms with Gasteiger partial charge in [0.2, 0.25) is 0 Å². The maximum atomic E-state index is 12.1. The van der Waals surface area contributed by atoms with Crippen LogP contribution in [0, 0.1) is 11.8 Å². The molecule has 0 aliphatic heterocycles. The normalized spacial score (nSPS) is 12.2. The number of hydrogen-bond donors (Lipinski definition) is 3. The van der Waals surface area contributed by atoms with E-state index in [4.69, 9.17) is 4.42 Å². The van der Waals surface area contributed by atoms with E-state index in [0.717, 1.165) is 6.42 Å². The first-order chi connectivity index (χ1) is 12.9. The standard InChI is InChI=1S/C21H29N3O3/c1-14(2)12-16-7-9-17(10-8-16)20(15(3)4)22-13-19(25)23-24-21(26)18-6-5-11-27-18/h5-11,14-15,20,22H,12-13H2,1-4H3,(H,23,25)(H,24,26)/p+1/t20-/m0/s1. The number of hydrazine groups is 1. The zero-order valence-corrected chi connectivity index (χ0v) is 16.5. The maximum Gasteiger partial charge on any atom is 0.305 e. The minimum Gasteiger partial charge on any atom is -0.459 e. The van der Waals surface area contributed by atoms with Crippen molar-refractivity contribution in [3.8, 4) is 0 Å². The van der Waals surface area contributed by atoms with Crippen LogP contribution in [0.4, 0.5) is 0 Å². The highest BCUT2D eigenvalue weighted by Crippen LogP contribution is 2.19. The van der Waals surface area contributed by atoms with Gasteiger partial charge in [0.15, 0.2) is 12.3 Å². The van der Waals surface area contributed by atoms with E-state index in [1.165, 1.54) is 23.5 Å². The third-order valence-electron chi connectivity index (χ3n) is 4.34. The third-order valence-corrected chi connectivity index (χ3v) is 4.34. The van der Waals surface area contributed by atoms with E-state index in [1.807, 2.05) is 5.32 Å². The van der Waals surface area contributed by atoms with Gasteiger partial charge in [0.05, 0.1) is 6.26 Å². The van der Waals surface area contributed by atoms with Crippen LogP contribution in [0.5, 0.6) is 0 Å². The molecular formula is C21H30N3O3+. The van der Waals surface area contributed by atoms with E-state index in [1.54, 1.807) is 6.07 Å². The van der Waals surface area contributed by atoms with Crippen LogP contribution >= 0.6 is 0 Å². The molecule has 1 aromatic heterocycles. The molecule has 0 fully saturated rings. The van der Waals surface area contributed by atoms with Gasteiger partial charge in [-0.05, 0) is 30.0 Å². The van der Waals surface area contributed by atoms with Gasteiger partial charge >= 0.3 is 5.91 Å². The second-order valence-electron chi connectivity index (χ2n) is 7.53. The van der Waals surface area contributed by atoms with E-state index in [-0.39, 0.29) is 24.3 Å². The number of furan rings is 1. The smallest absolute Gasteiger partial charge is 0.305 e.